The molecule has 0 amide bonds. The average Bonchev–Trinajstić information content (AvgIpc) is 3.08. The summed E-state index contributed by atoms with van der Waals surface area (Å²) in [5.41, 5.74) is 5.89. The number of allylic oxidation sites excluding steroid dienone is 4. The van der Waals surface area contributed by atoms with Crippen LogP contribution in [-0.4, -0.2) is 42.3 Å². The highest BCUT2D eigenvalue weighted by molar-refractivity contribution is 5.98. The number of rotatable bonds is 5. The van der Waals surface area contributed by atoms with Gasteiger partial charge in [-0.05, 0) is 110 Å². The van der Waals surface area contributed by atoms with Gasteiger partial charge in [-0.15, -0.1) is 0 Å². The van der Waals surface area contributed by atoms with Gasteiger partial charge in [0.1, 0.15) is 0 Å². The van der Waals surface area contributed by atoms with Crippen LogP contribution < -0.4 is 4.90 Å². The summed E-state index contributed by atoms with van der Waals surface area (Å²) in [7, 11) is 4.07. The molecule has 5 atom stereocenters. The van der Waals surface area contributed by atoms with Crippen LogP contribution in [0, 0.1) is 17.3 Å². The zero-order valence-corrected chi connectivity index (χ0v) is 20.4. The largest absolute Gasteiger partial charge is 0.396 e. The summed E-state index contributed by atoms with van der Waals surface area (Å²) >= 11 is 0. The predicted octanol–water partition coefficient (Wildman–Crippen LogP) is 5.16. The van der Waals surface area contributed by atoms with Crippen molar-refractivity contribution in [1.82, 2.24) is 0 Å². The van der Waals surface area contributed by atoms with E-state index in [-0.39, 0.29) is 23.7 Å². The minimum atomic E-state index is -0.647. The third-order valence-electron chi connectivity index (χ3n) is 9.73. The number of anilines is 1. The lowest BCUT2D eigenvalue weighted by Gasteiger charge is -2.52. The minimum absolute atomic E-state index is 0.0655. The van der Waals surface area contributed by atoms with Gasteiger partial charge < -0.3 is 15.1 Å². The van der Waals surface area contributed by atoms with E-state index in [0.29, 0.717) is 24.7 Å². The fourth-order valence-electron chi connectivity index (χ4n) is 7.72. The fourth-order valence-corrected chi connectivity index (χ4v) is 7.72. The van der Waals surface area contributed by atoms with Crippen LogP contribution in [0.25, 0.3) is 0 Å². The molecule has 0 saturated heterocycles. The molecule has 4 nitrogen and oxygen atoms in total. The SMILES string of the molecule is CN(C)c1ccc(C2CC3=C4CC[C@]5(C)[C@@H](CC[C@]5(O)CCCO)[C@@H]4CCC3=CC2=O)cc1. The fraction of sp³-hybridized carbons (Fsp3) is 0.621. The number of aliphatic hydroxyl groups is 2. The molecule has 33 heavy (non-hydrogen) atoms. The van der Waals surface area contributed by atoms with Crippen molar-refractivity contribution in [2.24, 2.45) is 17.3 Å². The quantitative estimate of drug-likeness (QED) is 0.652. The summed E-state index contributed by atoms with van der Waals surface area (Å²) in [6.07, 6.45) is 10.2. The zero-order valence-electron chi connectivity index (χ0n) is 20.4. The number of benzene rings is 1. The highest BCUT2D eigenvalue weighted by Gasteiger charge is 2.60. The molecule has 0 aliphatic heterocycles. The smallest absolute Gasteiger partial charge is 0.163 e. The Kier molecular flexibility index (Phi) is 5.81. The van der Waals surface area contributed by atoms with Crippen LogP contribution in [0.5, 0.6) is 0 Å². The summed E-state index contributed by atoms with van der Waals surface area (Å²) in [4.78, 5) is 15.2. The maximum absolute atomic E-state index is 13.1. The monoisotopic (exact) mass is 449 g/mol. The Morgan fingerprint density at radius 3 is 2.55 bits per heavy atom. The zero-order chi connectivity index (χ0) is 23.4. The van der Waals surface area contributed by atoms with Gasteiger partial charge >= 0.3 is 0 Å². The number of aliphatic hydroxyl groups excluding tert-OH is 1. The third-order valence-corrected chi connectivity index (χ3v) is 9.73. The number of fused-ring (bicyclic) bond motifs is 4. The Balaban J connectivity index is 1.44. The van der Waals surface area contributed by atoms with Crippen LogP contribution in [-0.2, 0) is 4.79 Å². The highest BCUT2D eigenvalue weighted by Crippen LogP contribution is 2.64. The average molecular weight is 450 g/mol. The first-order chi connectivity index (χ1) is 15.8. The lowest BCUT2D eigenvalue weighted by molar-refractivity contribution is -0.116. The van der Waals surface area contributed by atoms with Gasteiger partial charge in [-0.1, -0.05) is 24.6 Å². The van der Waals surface area contributed by atoms with Crippen LogP contribution in [0.2, 0.25) is 0 Å². The molecular formula is C29H39NO3. The molecule has 2 fully saturated rings. The topological polar surface area (TPSA) is 60.8 Å². The number of hydrogen-bond acceptors (Lipinski definition) is 4. The van der Waals surface area contributed by atoms with Crippen molar-refractivity contribution in [3.63, 3.8) is 0 Å². The molecule has 0 spiro atoms. The lowest BCUT2D eigenvalue weighted by Crippen LogP contribution is -2.49. The highest BCUT2D eigenvalue weighted by atomic mass is 16.3. The van der Waals surface area contributed by atoms with Crippen LogP contribution >= 0.6 is 0 Å². The first-order valence-electron chi connectivity index (χ1n) is 12.8. The third kappa shape index (κ3) is 3.61. The number of carbonyl (C=O) groups is 1. The molecule has 0 heterocycles. The van der Waals surface area contributed by atoms with E-state index in [0.717, 1.165) is 56.2 Å². The van der Waals surface area contributed by atoms with E-state index in [1.54, 1.807) is 5.57 Å². The van der Waals surface area contributed by atoms with E-state index in [1.807, 2.05) is 20.2 Å². The van der Waals surface area contributed by atoms with E-state index < -0.39 is 5.60 Å². The van der Waals surface area contributed by atoms with E-state index in [9.17, 15) is 15.0 Å². The van der Waals surface area contributed by atoms with Crippen molar-refractivity contribution < 1.29 is 15.0 Å². The van der Waals surface area contributed by atoms with Gasteiger partial charge in [0.25, 0.3) is 0 Å². The second-order valence-electron chi connectivity index (χ2n) is 11.4. The Morgan fingerprint density at radius 1 is 1.09 bits per heavy atom. The van der Waals surface area contributed by atoms with Crippen LogP contribution in [0.3, 0.4) is 0 Å². The second kappa shape index (κ2) is 8.39. The van der Waals surface area contributed by atoms with Crippen molar-refractivity contribution >= 4 is 11.5 Å². The standard InChI is InChI=1S/C29H39NO3/c1-28-14-11-22-23(26(28)12-15-29(28,33)13-4-16-31)10-7-20-17-27(32)25(18-24(20)22)19-5-8-21(9-6-19)30(2)3/h5-6,8-9,17,23,25-26,31,33H,4,7,10-16,18H2,1-3H3/t23-,25?,26+,28-,29-/m1/s1. The normalized spacial score (nSPS) is 35.6. The summed E-state index contributed by atoms with van der Waals surface area (Å²) in [5, 5.41) is 21.0. The molecule has 1 aromatic rings. The van der Waals surface area contributed by atoms with E-state index >= 15 is 0 Å². The molecule has 2 N–H and O–H groups in total. The molecule has 4 aliphatic rings. The van der Waals surface area contributed by atoms with Gasteiger partial charge in [0.05, 0.1) is 11.5 Å². The van der Waals surface area contributed by atoms with Crippen molar-refractivity contribution in [2.45, 2.75) is 76.2 Å². The molecule has 1 unspecified atom stereocenters. The molecule has 5 rings (SSSR count). The molecule has 0 radical (unpaired) electrons. The van der Waals surface area contributed by atoms with Crippen LogP contribution in [0.15, 0.2) is 47.1 Å². The Hall–Kier alpha value is -1.91. The maximum Gasteiger partial charge on any atom is 0.163 e. The number of hydrogen-bond donors (Lipinski definition) is 2. The van der Waals surface area contributed by atoms with Gasteiger partial charge in [0, 0.05) is 26.4 Å². The molecule has 178 valence electrons. The molecule has 4 aliphatic carbocycles. The van der Waals surface area contributed by atoms with Crippen LogP contribution in [0.4, 0.5) is 5.69 Å². The maximum atomic E-state index is 13.1. The van der Waals surface area contributed by atoms with Crippen molar-refractivity contribution in [2.75, 3.05) is 25.6 Å². The van der Waals surface area contributed by atoms with E-state index in [2.05, 4.69) is 36.1 Å². The summed E-state index contributed by atoms with van der Waals surface area (Å²) in [6, 6.07) is 8.47. The molecule has 2 saturated carbocycles. The summed E-state index contributed by atoms with van der Waals surface area (Å²) in [5.74, 6) is 1.22. The first-order valence-corrected chi connectivity index (χ1v) is 12.8. The number of nitrogens with zero attached hydrogens (tertiary/aromatic N) is 1. The summed E-state index contributed by atoms with van der Waals surface area (Å²) < 4.78 is 0. The minimum Gasteiger partial charge on any atom is -0.396 e. The predicted molar refractivity (Wildman–Crippen MR) is 132 cm³/mol. The van der Waals surface area contributed by atoms with Crippen molar-refractivity contribution in [3.8, 4) is 0 Å². The second-order valence-corrected chi connectivity index (χ2v) is 11.4. The van der Waals surface area contributed by atoms with Crippen LogP contribution in [0.1, 0.15) is 76.2 Å². The van der Waals surface area contributed by atoms with E-state index in [1.165, 1.54) is 11.1 Å². The first kappa shape index (κ1) is 22.9. The van der Waals surface area contributed by atoms with Gasteiger partial charge in [-0.2, -0.15) is 0 Å². The molecule has 0 bridgehead atoms. The van der Waals surface area contributed by atoms with Gasteiger partial charge in [-0.3, -0.25) is 4.79 Å². The Morgan fingerprint density at radius 2 is 1.85 bits per heavy atom. The number of carbonyl (C=O) groups excluding carboxylic acids is 1. The van der Waals surface area contributed by atoms with Crippen molar-refractivity contribution in [1.29, 1.82) is 0 Å². The molecule has 0 aromatic heterocycles. The van der Waals surface area contributed by atoms with Gasteiger partial charge in [0.15, 0.2) is 5.78 Å². The summed E-state index contributed by atoms with van der Waals surface area (Å²) in [6.45, 7) is 2.47. The number of ketones is 1. The molecular weight excluding hydrogens is 410 g/mol. The Labute approximate surface area is 198 Å². The van der Waals surface area contributed by atoms with Gasteiger partial charge in [0.2, 0.25) is 0 Å². The van der Waals surface area contributed by atoms with Gasteiger partial charge in [-0.25, -0.2) is 0 Å². The molecule has 1 aromatic carbocycles. The molecule has 4 heteroatoms. The van der Waals surface area contributed by atoms with Crippen molar-refractivity contribution in [3.05, 3.63) is 52.6 Å². The Bertz CT molecular complexity index is 991. The lowest BCUT2D eigenvalue weighted by atomic mass is 9.54. The van der Waals surface area contributed by atoms with E-state index in [4.69, 9.17) is 0 Å².